The summed E-state index contributed by atoms with van der Waals surface area (Å²) < 4.78 is 16.7. The Hall–Kier alpha value is -3.32. The van der Waals surface area contributed by atoms with Crippen LogP contribution in [0.3, 0.4) is 0 Å². The van der Waals surface area contributed by atoms with E-state index in [1.165, 1.54) is 0 Å². The summed E-state index contributed by atoms with van der Waals surface area (Å²) in [5.74, 6) is 2.02. The van der Waals surface area contributed by atoms with E-state index in [1.54, 1.807) is 18.2 Å². The topological polar surface area (TPSA) is 76.8 Å². The van der Waals surface area contributed by atoms with E-state index in [0.29, 0.717) is 31.1 Å². The number of nitrogens with zero attached hydrogens (tertiary/aromatic N) is 2. The van der Waals surface area contributed by atoms with Crippen molar-refractivity contribution < 1.29 is 18.8 Å². The van der Waals surface area contributed by atoms with Crippen LogP contribution in [0.2, 0.25) is 0 Å². The predicted octanol–water partition coefficient (Wildman–Crippen LogP) is 3.74. The van der Waals surface area contributed by atoms with Gasteiger partial charge >= 0.3 is 0 Å². The quantitative estimate of drug-likeness (QED) is 0.535. The minimum Gasteiger partial charge on any atom is -0.492 e. The SMILES string of the molecule is Cc1noc(C)c1COc1cccc(C(=O)NCc2ccc(OCCN(C)C)cc2)c1. The lowest BCUT2D eigenvalue weighted by atomic mass is 10.1. The van der Waals surface area contributed by atoms with Crippen molar-refractivity contribution in [3.63, 3.8) is 0 Å². The van der Waals surface area contributed by atoms with Crippen molar-refractivity contribution in [1.82, 2.24) is 15.4 Å². The lowest BCUT2D eigenvalue weighted by Crippen LogP contribution is -2.22. The number of carbonyl (C=O) groups excluding carboxylic acids is 1. The number of ether oxygens (including phenoxy) is 2. The van der Waals surface area contributed by atoms with E-state index in [9.17, 15) is 4.79 Å². The summed E-state index contributed by atoms with van der Waals surface area (Å²) in [6, 6.07) is 14.9. The fraction of sp³-hybridized carbons (Fsp3) is 0.333. The van der Waals surface area contributed by atoms with Crippen molar-refractivity contribution in [2.24, 2.45) is 0 Å². The Bertz CT molecular complexity index is 977. The van der Waals surface area contributed by atoms with Crippen LogP contribution in [-0.2, 0) is 13.2 Å². The molecule has 3 aromatic rings. The summed E-state index contributed by atoms with van der Waals surface area (Å²) >= 11 is 0. The molecule has 1 aromatic heterocycles. The van der Waals surface area contributed by atoms with Crippen LogP contribution in [0.1, 0.15) is 32.9 Å². The molecular formula is C24H29N3O4. The number of rotatable bonds is 10. The van der Waals surface area contributed by atoms with Crippen LogP contribution in [0, 0.1) is 13.8 Å². The highest BCUT2D eigenvalue weighted by molar-refractivity contribution is 5.94. The van der Waals surface area contributed by atoms with Gasteiger partial charge in [-0.25, -0.2) is 0 Å². The summed E-state index contributed by atoms with van der Waals surface area (Å²) in [5, 5.41) is 6.87. The molecule has 0 fully saturated rings. The number of hydrogen-bond acceptors (Lipinski definition) is 6. The number of aryl methyl sites for hydroxylation is 2. The molecule has 7 nitrogen and oxygen atoms in total. The highest BCUT2D eigenvalue weighted by atomic mass is 16.5. The van der Waals surface area contributed by atoms with Crippen LogP contribution in [0.15, 0.2) is 53.1 Å². The third-order valence-corrected chi connectivity index (χ3v) is 4.84. The van der Waals surface area contributed by atoms with E-state index in [0.717, 1.165) is 34.9 Å². The number of carbonyl (C=O) groups is 1. The van der Waals surface area contributed by atoms with Crippen molar-refractivity contribution >= 4 is 5.91 Å². The molecule has 3 rings (SSSR count). The predicted molar refractivity (Wildman–Crippen MR) is 118 cm³/mol. The minimum atomic E-state index is -0.158. The molecule has 7 heteroatoms. The molecule has 0 radical (unpaired) electrons. The van der Waals surface area contributed by atoms with Crippen LogP contribution in [0.5, 0.6) is 11.5 Å². The van der Waals surface area contributed by atoms with Gasteiger partial charge in [0.05, 0.1) is 11.3 Å². The van der Waals surface area contributed by atoms with Gasteiger partial charge in [0.15, 0.2) is 0 Å². The van der Waals surface area contributed by atoms with Gasteiger partial charge in [0, 0.05) is 18.7 Å². The smallest absolute Gasteiger partial charge is 0.251 e. The van der Waals surface area contributed by atoms with Gasteiger partial charge < -0.3 is 24.2 Å². The molecule has 31 heavy (non-hydrogen) atoms. The second-order valence-corrected chi connectivity index (χ2v) is 7.60. The number of aromatic nitrogens is 1. The zero-order chi connectivity index (χ0) is 22.2. The molecule has 0 aliphatic rings. The van der Waals surface area contributed by atoms with Gasteiger partial charge in [-0.2, -0.15) is 0 Å². The lowest BCUT2D eigenvalue weighted by molar-refractivity contribution is 0.0950. The number of amides is 1. The molecule has 1 heterocycles. The summed E-state index contributed by atoms with van der Waals surface area (Å²) in [4.78, 5) is 14.6. The highest BCUT2D eigenvalue weighted by Crippen LogP contribution is 2.19. The molecule has 0 bridgehead atoms. The van der Waals surface area contributed by atoms with E-state index in [1.807, 2.05) is 58.3 Å². The van der Waals surface area contributed by atoms with E-state index >= 15 is 0 Å². The monoisotopic (exact) mass is 423 g/mol. The van der Waals surface area contributed by atoms with Crippen LogP contribution < -0.4 is 14.8 Å². The number of hydrogen-bond donors (Lipinski definition) is 1. The van der Waals surface area contributed by atoms with Crippen LogP contribution >= 0.6 is 0 Å². The van der Waals surface area contributed by atoms with Gasteiger partial charge in [-0.15, -0.1) is 0 Å². The van der Waals surface area contributed by atoms with Gasteiger partial charge in [0.2, 0.25) is 0 Å². The van der Waals surface area contributed by atoms with Crippen molar-refractivity contribution in [1.29, 1.82) is 0 Å². The fourth-order valence-corrected chi connectivity index (χ4v) is 2.92. The van der Waals surface area contributed by atoms with Crippen LogP contribution in [0.25, 0.3) is 0 Å². The van der Waals surface area contributed by atoms with E-state index in [2.05, 4.69) is 15.4 Å². The molecule has 0 spiro atoms. The van der Waals surface area contributed by atoms with Crippen molar-refractivity contribution in [3.8, 4) is 11.5 Å². The molecule has 0 aliphatic heterocycles. The number of nitrogens with one attached hydrogen (secondary N) is 1. The maximum absolute atomic E-state index is 12.6. The summed E-state index contributed by atoms with van der Waals surface area (Å²) in [6.07, 6.45) is 0. The molecule has 2 aromatic carbocycles. The normalized spacial score (nSPS) is 10.9. The molecule has 1 amide bonds. The Balaban J connectivity index is 1.51. The summed E-state index contributed by atoms with van der Waals surface area (Å²) in [6.45, 7) is 6.00. The van der Waals surface area contributed by atoms with E-state index < -0.39 is 0 Å². The van der Waals surface area contributed by atoms with Crippen molar-refractivity contribution in [2.45, 2.75) is 27.0 Å². The largest absolute Gasteiger partial charge is 0.492 e. The highest BCUT2D eigenvalue weighted by Gasteiger charge is 2.11. The zero-order valence-electron chi connectivity index (χ0n) is 18.5. The minimum absolute atomic E-state index is 0.158. The lowest BCUT2D eigenvalue weighted by Gasteiger charge is -2.11. The molecule has 0 saturated carbocycles. The molecule has 0 unspecified atom stereocenters. The van der Waals surface area contributed by atoms with Gasteiger partial charge in [0.25, 0.3) is 5.91 Å². The Morgan fingerprint density at radius 2 is 1.84 bits per heavy atom. The maximum Gasteiger partial charge on any atom is 0.251 e. The number of likely N-dealkylation sites (N-methyl/N-ethyl adjacent to an activating group) is 1. The third-order valence-electron chi connectivity index (χ3n) is 4.84. The average Bonchev–Trinajstić information content (AvgIpc) is 3.08. The van der Waals surface area contributed by atoms with Crippen LogP contribution in [-0.4, -0.2) is 43.2 Å². The Morgan fingerprint density at radius 1 is 1.06 bits per heavy atom. The third kappa shape index (κ3) is 6.58. The molecule has 1 N–H and O–H groups in total. The van der Waals surface area contributed by atoms with Gasteiger partial charge in [-0.05, 0) is 63.8 Å². The average molecular weight is 424 g/mol. The summed E-state index contributed by atoms with van der Waals surface area (Å²) in [5.41, 5.74) is 3.27. The Labute approximate surface area is 182 Å². The van der Waals surface area contributed by atoms with Gasteiger partial charge in [0.1, 0.15) is 30.5 Å². The van der Waals surface area contributed by atoms with E-state index in [4.69, 9.17) is 14.0 Å². The first-order valence-electron chi connectivity index (χ1n) is 10.2. The number of benzene rings is 2. The maximum atomic E-state index is 12.6. The Kier molecular flexibility index (Phi) is 7.67. The van der Waals surface area contributed by atoms with Crippen molar-refractivity contribution in [2.75, 3.05) is 27.2 Å². The second-order valence-electron chi connectivity index (χ2n) is 7.60. The zero-order valence-corrected chi connectivity index (χ0v) is 18.5. The van der Waals surface area contributed by atoms with Gasteiger partial charge in [-0.1, -0.05) is 23.4 Å². The van der Waals surface area contributed by atoms with E-state index in [-0.39, 0.29) is 5.91 Å². The van der Waals surface area contributed by atoms with Crippen LogP contribution in [0.4, 0.5) is 0 Å². The summed E-state index contributed by atoms with van der Waals surface area (Å²) in [7, 11) is 4.02. The molecular weight excluding hydrogens is 394 g/mol. The molecule has 0 aliphatic carbocycles. The molecule has 0 saturated heterocycles. The first-order chi connectivity index (χ1) is 14.9. The first-order valence-corrected chi connectivity index (χ1v) is 10.2. The first kappa shape index (κ1) is 22.4. The molecule has 164 valence electrons. The van der Waals surface area contributed by atoms with Crippen molar-refractivity contribution in [3.05, 3.63) is 76.7 Å². The standard InChI is InChI=1S/C24H29N3O4/c1-17-23(18(2)31-26-17)16-30-22-7-5-6-20(14-22)24(28)25-15-19-8-10-21(11-9-19)29-13-12-27(3)4/h5-11,14H,12-13,15-16H2,1-4H3,(H,25,28). The Morgan fingerprint density at radius 3 is 2.52 bits per heavy atom. The fourth-order valence-electron chi connectivity index (χ4n) is 2.92. The van der Waals surface area contributed by atoms with Gasteiger partial charge in [-0.3, -0.25) is 4.79 Å². The molecule has 0 atom stereocenters. The second kappa shape index (κ2) is 10.6.